The van der Waals surface area contributed by atoms with Crippen LogP contribution in [0.25, 0.3) is 0 Å². The molecule has 1 aliphatic carbocycles. The molecular weight excluding hydrogens is 300 g/mol. The third-order valence-corrected chi connectivity index (χ3v) is 4.73. The lowest BCUT2D eigenvalue weighted by Crippen LogP contribution is -2.13. The fraction of sp³-hybridized carbons (Fsp3) is 0.688. The van der Waals surface area contributed by atoms with E-state index in [1.165, 1.54) is 43.4 Å². The summed E-state index contributed by atoms with van der Waals surface area (Å²) in [4.78, 5) is 27.5. The summed E-state index contributed by atoms with van der Waals surface area (Å²) < 4.78 is 4.87. The molecule has 22 heavy (non-hydrogen) atoms. The van der Waals surface area contributed by atoms with Gasteiger partial charge in [0.1, 0.15) is 0 Å². The molecule has 0 aromatic carbocycles. The lowest BCUT2D eigenvalue weighted by atomic mass is 9.86. The predicted octanol–water partition coefficient (Wildman–Crippen LogP) is 4.01. The maximum atomic E-state index is 11.9. The summed E-state index contributed by atoms with van der Waals surface area (Å²) in [6.07, 6.45) is 9.26. The first-order valence-electron chi connectivity index (χ1n) is 8.11. The standard InChI is InChI=1S/C16H24N2O3S/c1-2-21-15(20)13-11-22-16(17-13)18-14(19)10-6-9-12-7-4-3-5-8-12/h11-12H,2-10H2,1H3,(H,17,18,19). The summed E-state index contributed by atoms with van der Waals surface area (Å²) in [6.45, 7) is 2.07. The summed E-state index contributed by atoms with van der Waals surface area (Å²) in [5.41, 5.74) is 0.254. The van der Waals surface area contributed by atoms with Gasteiger partial charge in [-0.1, -0.05) is 32.1 Å². The molecule has 0 saturated heterocycles. The molecule has 0 radical (unpaired) electrons. The molecule has 6 heteroatoms. The molecular formula is C16H24N2O3S. The van der Waals surface area contributed by atoms with Crippen molar-refractivity contribution in [2.75, 3.05) is 11.9 Å². The van der Waals surface area contributed by atoms with Crippen molar-refractivity contribution < 1.29 is 14.3 Å². The summed E-state index contributed by atoms with van der Waals surface area (Å²) in [5.74, 6) is 0.328. The van der Waals surface area contributed by atoms with Gasteiger partial charge in [-0.2, -0.15) is 0 Å². The number of thiazole rings is 1. The van der Waals surface area contributed by atoms with Gasteiger partial charge in [0.25, 0.3) is 0 Å². The Kier molecular flexibility index (Phi) is 6.83. The van der Waals surface area contributed by atoms with Crippen LogP contribution in [0.15, 0.2) is 5.38 Å². The van der Waals surface area contributed by atoms with Gasteiger partial charge in [0, 0.05) is 11.8 Å². The van der Waals surface area contributed by atoms with E-state index >= 15 is 0 Å². The number of nitrogens with one attached hydrogen (secondary N) is 1. The van der Waals surface area contributed by atoms with Crippen LogP contribution in [0.3, 0.4) is 0 Å². The predicted molar refractivity (Wildman–Crippen MR) is 87.1 cm³/mol. The molecule has 0 aliphatic heterocycles. The average molecular weight is 324 g/mol. The van der Waals surface area contributed by atoms with Crippen LogP contribution in [-0.4, -0.2) is 23.5 Å². The van der Waals surface area contributed by atoms with Gasteiger partial charge in [0.05, 0.1) is 6.61 Å². The Hall–Kier alpha value is -1.43. The van der Waals surface area contributed by atoms with Crippen LogP contribution in [0.4, 0.5) is 5.13 Å². The second-order valence-electron chi connectivity index (χ2n) is 5.70. The van der Waals surface area contributed by atoms with Crippen molar-refractivity contribution in [3.05, 3.63) is 11.1 Å². The zero-order chi connectivity index (χ0) is 15.8. The van der Waals surface area contributed by atoms with Crippen molar-refractivity contribution in [1.29, 1.82) is 0 Å². The number of amides is 1. The highest BCUT2D eigenvalue weighted by molar-refractivity contribution is 7.14. The smallest absolute Gasteiger partial charge is 0.357 e. The number of hydrogen-bond donors (Lipinski definition) is 1. The Morgan fingerprint density at radius 3 is 2.86 bits per heavy atom. The second-order valence-corrected chi connectivity index (χ2v) is 6.56. The second kappa shape index (κ2) is 8.88. The molecule has 0 bridgehead atoms. The average Bonchev–Trinajstić information content (AvgIpc) is 2.97. The quantitative estimate of drug-likeness (QED) is 0.769. The number of hydrogen-bond acceptors (Lipinski definition) is 5. The van der Waals surface area contributed by atoms with E-state index in [0.29, 0.717) is 18.2 Å². The third-order valence-electron chi connectivity index (χ3n) is 3.98. The van der Waals surface area contributed by atoms with E-state index in [1.54, 1.807) is 12.3 Å². The fourth-order valence-corrected chi connectivity index (χ4v) is 3.53. The molecule has 1 heterocycles. The van der Waals surface area contributed by atoms with E-state index < -0.39 is 5.97 Å². The van der Waals surface area contributed by atoms with Crippen LogP contribution in [-0.2, 0) is 9.53 Å². The topological polar surface area (TPSA) is 68.3 Å². The molecule has 1 aromatic heterocycles. The molecule has 0 atom stereocenters. The Labute approximate surface area is 135 Å². The van der Waals surface area contributed by atoms with Gasteiger partial charge in [-0.25, -0.2) is 9.78 Å². The number of anilines is 1. The van der Waals surface area contributed by atoms with Crippen molar-refractivity contribution in [3.63, 3.8) is 0 Å². The lowest BCUT2D eigenvalue weighted by Gasteiger charge is -2.20. The Morgan fingerprint density at radius 2 is 2.14 bits per heavy atom. The van der Waals surface area contributed by atoms with Crippen LogP contribution < -0.4 is 5.32 Å². The van der Waals surface area contributed by atoms with Crippen LogP contribution >= 0.6 is 11.3 Å². The lowest BCUT2D eigenvalue weighted by molar-refractivity contribution is -0.116. The normalized spacial score (nSPS) is 15.5. The summed E-state index contributed by atoms with van der Waals surface area (Å²) in [7, 11) is 0. The van der Waals surface area contributed by atoms with E-state index in [4.69, 9.17) is 4.74 Å². The van der Waals surface area contributed by atoms with Crippen molar-refractivity contribution in [1.82, 2.24) is 4.98 Å². The SMILES string of the molecule is CCOC(=O)c1csc(NC(=O)CCCC2CCCCC2)n1. The van der Waals surface area contributed by atoms with Crippen molar-refractivity contribution in [2.24, 2.45) is 5.92 Å². The minimum Gasteiger partial charge on any atom is -0.461 e. The highest BCUT2D eigenvalue weighted by Gasteiger charge is 2.15. The van der Waals surface area contributed by atoms with Crippen molar-refractivity contribution in [3.8, 4) is 0 Å². The monoisotopic (exact) mass is 324 g/mol. The van der Waals surface area contributed by atoms with E-state index in [9.17, 15) is 9.59 Å². The van der Waals surface area contributed by atoms with E-state index in [1.807, 2.05) is 0 Å². The van der Waals surface area contributed by atoms with Gasteiger partial charge >= 0.3 is 5.97 Å². The Bertz CT molecular complexity index is 495. The van der Waals surface area contributed by atoms with Crippen LogP contribution in [0.1, 0.15) is 68.8 Å². The molecule has 1 saturated carbocycles. The fourth-order valence-electron chi connectivity index (χ4n) is 2.84. The largest absolute Gasteiger partial charge is 0.461 e. The highest BCUT2D eigenvalue weighted by Crippen LogP contribution is 2.27. The zero-order valence-corrected chi connectivity index (χ0v) is 13.9. The van der Waals surface area contributed by atoms with Gasteiger partial charge in [-0.05, 0) is 25.7 Å². The van der Waals surface area contributed by atoms with Crippen LogP contribution in [0.5, 0.6) is 0 Å². The van der Waals surface area contributed by atoms with Gasteiger partial charge < -0.3 is 10.1 Å². The molecule has 1 N–H and O–H groups in total. The number of carbonyl (C=O) groups is 2. The third kappa shape index (κ3) is 5.40. The molecule has 1 amide bonds. The molecule has 122 valence electrons. The molecule has 0 unspecified atom stereocenters. The Morgan fingerprint density at radius 1 is 1.36 bits per heavy atom. The number of carbonyl (C=O) groups excluding carboxylic acids is 2. The molecule has 1 fully saturated rings. The minimum atomic E-state index is -0.448. The van der Waals surface area contributed by atoms with Gasteiger partial charge in [0.15, 0.2) is 10.8 Å². The minimum absolute atomic E-state index is 0.0273. The summed E-state index contributed by atoms with van der Waals surface area (Å²) >= 11 is 1.25. The van der Waals surface area contributed by atoms with Crippen LogP contribution in [0.2, 0.25) is 0 Å². The molecule has 5 nitrogen and oxygen atoms in total. The first kappa shape index (κ1) is 16.9. The number of esters is 1. The highest BCUT2D eigenvalue weighted by atomic mass is 32.1. The molecule has 2 rings (SSSR count). The Balaban J connectivity index is 1.69. The maximum absolute atomic E-state index is 11.9. The first-order chi connectivity index (χ1) is 10.7. The number of rotatable bonds is 7. The van der Waals surface area contributed by atoms with Gasteiger partial charge in [-0.3, -0.25) is 4.79 Å². The maximum Gasteiger partial charge on any atom is 0.357 e. The van der Waals surface area contributed by atoms with Crippen molar-refractivity contribution in [2.45, 2.75) is 58.3 Å². The molecule has 1 aromatic rings. The molecule has 0 spiro atoms. The van der Waals surface area contributed by atoms with E-state index in [-0.39, 0.29) is 11.6 Å². The van der Waals surface area contributed by atoms with Gasteiger partial charge in [-0.15, -0.1) is 11.3 Å². The number of ether oxygens (including phenoxy) is 1. The molecule has 1 aliphatic rings. The summed E-state index contributed by atoms with van der Waals surface area (Å²) in [5, 5.41) is 4.83. The zero-order valence-electron chi connectivity index (χ0n) is 13.1. The van der Waals surface area contributed by atoms with Gasteiger partial charge in [0.2, 0.25) is 5.91 Å². The van der Waals surface area contributed by atoms with E-state index in [0.717, 1.165) is 18.8 Å². The summed E-state index contributed by atoms with van der Waals surface area (Å²) in [6, 6.07) is 0. The number of nitrogens with zero attached hydrogens (tertiary/aromatic N) is 1. The first-order valence-corrected chi connectivity index (χ1v) is 8.99. The number of aromatic nitrogens is 1. The van der Waals surface area contributed by atoms with Crippen LogP contribution in [0, 0.1) is 5.92 Å². The van der Waals surface area contributed by atoms with Crippen molar-refractivity contribution >= 4 is 28.3 Å². The van der Waals surface area contributed by atoms with E-state index in [2.05, 4.69) is 10.3 Å².